The van der Waals surface area contributed by atoms with Gasteiger partial charge in [0.05, 0.1) is 17.4 Å². The van der Waals surface area contributed by atoms with E-state index in [0.29, 0.717) is 41.3 Å². The van der Waals surface area contributed by atoms with Crippen LogP contribution >= 0.6 is 23.8 Å². The lowest BCUT2D eigenvalue weighted by Gasteiger charge is -2.09. The van der Waals surface area contributed by atoms with Crippen molar-refractivity contribution in [3.63, 3.8) is 0 Å². The van der Waals surface area contributed by atoms with Gasteiger partial charge in [0.25, 0.3) is 5.56 Å². The van der Waals surface area contributed by atoms with E-state index in [1.807, 2.05) is 18.2 Å². The molecule has 1 heterocycles. The maximum absolute atomic E-state index is 12.6. The third-order valence-electron chi connectivity index (χ3n) is 4.68. The maximum Gasteiger partial charge on any atom is 0.262 e. The van der Waals surface area contributed by atoms with Crippen LogP contribution in [0, 0.1) is 4.77 Å². The number of nitrogens with one attached hydrogen (secondary N) is 2. The van der Waals surface area contributed by atoms with Crippen LogP contribution in [0.15, 0.2) is 53.3 Å². The Balaban J connectivity index is 1.34. The summed E-state index contributed by atoms with van der Waals surface area (Å²) < 4.78 is 7.55. The van der Waals surface area contributed by atoms with E-state index in [9.17, 15) is 9.59 Å². The van der Waals surface area contributed by atoms with Crippen LogP contribution in [-0.4, -0.2) is 28.6 Å². The van der Waals surface area contributed by atoms with Gasteiger partial charge in [0.2, 0.25) is 5.91 Å². The summed E-state index contributed by atoms with van der Waals surface area (Å²) in [7, 11) is 0. The Hall–Kier alpha value is -2.64. The van der Waals surface area contributed by atoms with Crippen LogP contribution in [0.25, 0.3) is 10.9 Å². The van der Waals surface area contributed by atoms with Gasteiger partial charge in [-0.05, 0) is 61.5 Å². The molecular formula is C22H24ClN3O3S. The highest BCUT2D eigenvalue weighted by Gasteiger charge is 2.06. The van der Waals surface area contributed by atoms with Crippen LogP contribution in [0.3, 0.4) is 0 Å². The van der Waals surface area contributed by atoms with Crippen molar-refractivity contribution < 1.29 is 9.53 Å². The molecule has 3 aromatic rings. The van der Waals surface area contributed by atoms with E-state index in [2.05, 4.69) is 10.3 Å². The fourth-order valence-electron chi connectivity index (χ4n) is 3.11. The number of halogens is 1. The summed E-state index contributed by atoms with van der Waals surface area (Å²) in [6, 6.07) is 14.4. The fourth-order valence-corrected chi connectivity index (χ4v) is 3.52. The molecule has 0 atom stereocenters. The molecule has 2 N–H and O–H groups in total. The van der Waals surface area contributed by atoms with Crippen molar-refractivity contribution in [1.29, 1.82) is 0 Å². The van der Waals surface area contributed by atoms with Crippen molar-refractivity contribution in [2.75, 3.05) is 13.2 Å². The smallest absolute Gasteiger partial charge is 0.262 e. The summed E-state index contributed by atoms with van der Waals surface area (Å²) >= 11 is 11.1. The Morgan fingerprint density at radius 3 is 2.67 bits per heavy atom. The fraction of sp³-hybridized carbons (Fsp3) is 0.318. The summed E-state index contributed by atoms with van der Waals surface area (Å²) in [5, 5.41) is 4.13. The highest BCUT2D eigenvalue weighted by atomic mass is 35.5. The number of amides is 1. The first-order valence-electron chi connectivity index (χ1n) is 9.91. The number of nitrogens with zero attached hydrogens (tertiary/aromatic N) is 1. The van der Waals surface area contributed by atoms with Crippen molar-refractivity contribution in [3.05, 3.63) is 68.7 Å². The second kappa shape index (κ2) is 10.9. The lowest BCUT2D eigenvalue weighted by Crippen LogP contribution is -2.27. The summed E-state index contributed by atoms with van der Waals surface area (Å²) in [5.74, 6) is 0.714. The molecular weight excluding hydrogens is 422 g/mol. The van der Waals surface area contributed by atoms with Gasteiger partial charge in [-0.15, -0.1) is 0 Å². The topological polar surface area (TPSA) is 76.1 Å². The zero-order valence-corrected chi connectivity index (χ0v) is 18.1. The molecule has 0 aliphatic heterocycles. The van der Waals surface area contributed by atoms with Crippen molar-refractivity contribution in [1.82, 2.24) is 14.9 Å². The number of rotatable bonds is 10. The van der Waals surface area contributed by atoms with E-state index in [0.717, 1.165) is 30.5 Å². The van der Waals surface area contributed by atoms with E-state index >= 15 is 0 Å². The monoisotopic (exact) mass is 445 g/mol. The third kappa shape index (κ3) is 6.18. The Morgan fingerprint density at radius 1 is 1.10 bits per heavy atom. The molecule has 0 fully saturated rings. The molecule has 0 aliphatic carbocycles. The zero-order valence-electron chi connectivity index (χ0n) is 16.5. The lowest BCUT2D eigenvalue weighted by atomic mass is 10.2. The molecule has 0 spiro atoms. The predicted octanol–water partition coefficient (Wildman–Crippen LogP) is 4.47. The predicted molar refractivity (Wildman–Crippen MR) is 122 cm³/mol. The second-order valence-electron chi connectivity index (χ2n) is 6.90. The van der Waals surface area contributed by atoms with Crippen LogP contribution in [0.1, 0.15) is 25.7 Å². The van der Waals surface area contributed by atoms with Crippen molar-refractivity contribution in [2.45, 2.75) is 32.2 Å². The highest BCUT2D eigenvalue weighted by molar-refractivity contribution is 7.71. The first-order valence-corrected chi connectivity index (χ1v) is 10.7. The molecule has 1 aromatic heterocycles. The minimum Gasteiger partial charge on any atom is -0.492 e. The normalized spacial score (nSPS) is 10.8. The number of fused-ring (bicyclic) bond motifs is 1. The van der Waals surface area contributed by atoms with Gasteiger partial charge in [-0.1, -0.05) is 30.2 Å². The minimum atomic E-state index is -0.0761. The Labute approximate surface area is 184 Å². The Morgan fingerprint density at radius 2 is 1.87 bits per heavy atom. The maximum atomic E-state index is 12.6. The number of ether oxygens (including phenoxy) is 1. The van der Waals surface area contributed by atoms with Gasteiger partial charge >= 0.3 is 0 Å². The molecule has 0 bridgehead atoms. The molecule has 0 saturated carbocycles. The van der Waals surface area contributed by atoms with Crippen LogP contribution in [0.5, 0.6) is 5.75 Å². The van der Waals surface area contributed by atoms with Gasteiger partial charge in [0.15, 0.2) is 4.77 Å². The number of aromatic nitrogens is 2. The molecule has 2 aromatic carbocycles. The van der Waals surface area contributed by atoms with Crippen molar-refractivity contribution in [3.8, 4) is 5.75 Å². The number of carbonyl (C=O) groups excluding carboxylic acids is 1. The largest absolute Gasteiger partial charge is 0.492 e. The van der Waals surface area contributed by atoms with Crippen molar-refractivity contribution in [2.24, 2.45) is 0 Å². The number of H-pyrrole nitrogens is 1. The zero-order chi connectivity index (χ0) is 21.3. The van der Waals surface area contributed by atoms with Crippen LogP contribution < -0.4 is 15.6 Å². The van der Waals surface area contributed by atoms with Gasteiger partial charge in [-0.25, -0.2) is 0 Å². The summed E-state index contributed by atoms with van der Waals surface area (Å²) in [6.45, 7) is 1.38. The molecule has 6 nitrogen and oxygen atoms in total. The Bertz CT molecular complexity index is 1110. The first-order chi connectivity index (χ1) is 14.5. The van der Waals surface area contributed by atoms with Gasteiger partial charge < -0.3 is 15.0 Å². The summed E-state index contributed by atoms with van der Waals surface area (Å²) in [4.78, 5) is 27.6. The van der Waals surface area contributed by atoms with Crippen LogP contribution in [0.2, 0.25) is 5.02 Å². The average molecular weight is 446 g/mol. The summed E-state index contributed by atoms with van der Waals surface area (Å²) in [6.07, 6.45) is 2.81. The SMILES string of the molecule is O=C(CCCCCn1c(=S)[nH]c2ccccc2c1=O)NCCOc1ccc(Cl)cc1. The van der Waals surface area contributed by atoms with Gasteiger partial charge in [0, 0.05) is 18.0 Å². The van der Waals surface area contributed by atoms with Crippen LogP contribution in [0.4, 0.5) is 0 Å². The van der Waals surface area contributed by atoms with E-state index in [1.165, 1.54) is 0 Å². The van der Waals surface area contributed by atoms with Gasteiger partial charge in [-0.3, -0.25) is 14.2 Å². The minimum absolute atomic E-state index is 0.00475. The average Bonchev–Trinajstić information content (AvgIpc) is 2.74. The molecule has 0 saturated heterocycles. The number of para-hydroxylation sites is 1. The van der Waals surface area contributed by atoms with E-state index in [1.54, 1.807) is 34.9 Å². The third-order valence-corrected chi connectivity index (χ3v) is 5.26. The van der Waals surface area contributed by atoms with Crippen molar-refractivity contribution >= 4 is 40.6 Å². The number of aromatic amines is 1. The number of hydrogen-bond acceptors (Lipinski definition) is 4. The summed E-state index contributed by atoms with van der Waals surface area (Å²) in [5.41, 5.74) is 0.674. The quantitative estimate of drug-likeness (QED) is 0.356. The molecule has 158 valence electrons. The highest BCUT2D eigenvalue weighted by Crippen LogP contribution is 2.15. The molecule has 1 amide bonds. The molecule has 0 unspecified atom stereocenters. The Kier molecular flexibility index (Phi) is 8.04. The molecule has 3 rings (SSSR count). The number of carbonyl (C=O) groups is 1. The number of benzene rings is 2. The molecule has 0 aliphatic rings. The van der Waals surface area contributed by atoms with Gasteiger partial charge in [0.1, 0.15) is 12.4 Å². The van der Waals surface area contributed by atoms with E-state index in [-0.39, 0.29) is 11.5 Å². The molecule has 30 heavy (non-hydrogen) atoms. The standard InChI is InChI=1S/C22H24ClN3O3S/c23-16-9-11-17(12-10-16)29-15-13-24-20(27)8-2-1-5-14-26-21(28)18-6-3-4-7-19(18)25-22(26)30/h3-4,6-7,9-12H,1-2,5,8,13-15H2,(H,24,27)(H,25,30). The number of unbranched alkanes of at least 4 members (excludes halogenated alkanes) is 2. The van der Waals surface area contributed by atoms with Gasteiger partial charge in [-0.2, -0.15) is 0 Å². The van der Waals surface area contributed by atoms with Crippen LogP contribution in [-0.2, 0) is 11.3 Å². The number of hydrogen-bond donors (Lipinski definition) is 2. The molecule has 8 heteroatoms. The van der Waals surface area contributed by atoms with E-state index < -0.39 is 0 Å². The second-order valence-corrected chi connectivity index (χ2v) is 7.72. The first kappa shape index (κ1) is 22.1. The van der Waals surface area contributed by atoms with E-state index in [4.69, 9.17) is 28.6 Å². The lowest BCUT2D eigenvalue weighted by molar-refractivity contribution is -0.121. The molecule has 0 radical (unpaired) electrons.